The van der Waals surface area contributed by atoms with Crippen molar-refractivity contribution in [1.82, 2.24) is 5.32 Å². The summed E-state index contributed by atoms with van der Waals surface area (Å²) in [6.07, 6.45) is 0. The monoisotopic (exact) mass is 291 g/mol. The van der Waals surface area contributed by atoms with Crippen molar-refractivity contribution < 1.29 is 10.2 Å². The minimum atomic E-state index is -0.117. The lowest BCUT2D eigenvalue weighted by Crippen LogP contribution is -2.22. The molecule has 2 aromatic rings. The van der Waals surface area contributed by atoms with Crippen molar-refractivity contribution >= 4 is 11.6 Å². The van der Waals surface area contributed by atoms with E-state index in [-0.39, 0.29) is 23.6 Å². The number of benzene rings is 2. The molecule has 0 fully saturated rings. The Morgan fingerprint density at radius 1 is 0.950 bits per heavy atom. The quantitative estimate of drug-likeness (QED) is 0.741. The second-order valence-corrected chi connectivity index (χ2v) is 5.28. The number of hydrogen-bond donors (Lipinski definition) is 3. The van der Waals surface area contributed by atoms with Crippen LogP contribution in [0.2, 0.25) is 5.02 Å². The zero-order chi connectivity index (χ0) is 14.7. The molecule has 4 heteroatoms. The maximum absolute atomic E-state index is 9.87. The lowest BCUT2D eigenvalue weighted by atomic mass is 10.0. The van der Waals surface area contributed by atoms with Gasteiger partial charge < -0.3 is 15.5 Å². The SMILES string of the molecule is CC(NC(C)c1ccccc1Cl)c1cc(O)ccc1O. The van der Waals surface area contributed by atoms with E-state index in [0.717, 1.165) is 5.56 Å². The van der Waals surface area contributed by atoms with E-state index in [2.05, 4.69) is 5.32 Å². The molecule has 2 atom stereocenters. The fourth-order valence-corrected chi connectivity index (χ4v) is 2.57. The molecular weight excluding hydrogens is 274 g/mol. The Hall–Kier alpha value is -1.71. The van der Waals surface area contributed by atoms with E-state index >= 15 is 0 Å². The van der Waals surface area contributed by atoms with Crippen molar-refractivity contribution in [2.24, 2.45) is 0 Å². The Bertz CT molecular complexity index is 601. The fourth-order valence-electron chi connectivity index (χ4n) is 2.27. The first kappa shape index (κ1) is 14.7. The van der Waals surface area contributed by atoms with Gasteiger partial charge in [0, 0.05) is 22.7 Å². The Labute approximate surface area is 123 Å². The number of nitrogens with one attached hydrogen (secondary N) is 1. The normalized spacial score (nSPS) is 13.9. The standard InChI is InChI=1S/C16H18ClNO2/c1-10(13-5-3-4-6-15(13)17)18-11(2)14-9-12(19)7-8-16(14)20/h3-11,18-20H,1-2H3. The minimum Gasteiger partial charge on any atom is -0.508 e. The van der Waals surface area contributed by atoms with Gasteiger partial charge in [0.2, 0.25) is 0 Å². The lowest BCUT2D eigenvalue weighted by Gasteiger charge is -2.22. The van der Waals surface area contributed by atoms with E-state index in [1.165, 1.54) is 12.1 Å². The van der Waals surface area contributed by atoms with Gasteiger partial charge in [0.25, 0.3) is 0 Å². The van der Waals surface area contributed by atoms with Gasteiger partial charge in [0.1, 0.15) is 11.5 Å². The summed E-state index contributed by atoms with van der Waals surface area (Å²) in [5.41, 5.74) is 1.66. The maximum atomic E-state index is 9.87. The predicted molar refractivity (Wildman–Crippen MR) is 81.2 cm³/mol. The Morgan fingerprint density at radius 2 is 1.60 bits per heavy atom. The van der Waals surface area contributed by atoms with Gasteiger partial charge in [-0.25, -0.2) is 0 Å². The van der Waals surface area contributed by atoms with Crippen LogP contribution in [0.25, 0.3) is 0 Å². The molecule has 3 N–H and O–H groups in total. The number of halogens is 1. The van der Waals surface area contributed by atoms with Crippen LogP contribution >= 0.6 is 11.6 Å². The molecule has 0 aliphatic rings. The van der Waals surface area contributed by atoms with Crippen molar-refractivity contribution in [1.29, 1.82) is 0 Å². The molecule has 0 aliphatic carbocycles. The van der Waals surface area contributed by atoms with Gasteiger partial charge in [-0.2, -0.15) is 0 Å². The summed E-state index contributed by atoms with van der Waals surface area (Å²) in [6.45, 7) is 3.94. The highest BCUT2D eigenvalue weighted by atomic mass is 35.5. The van der Waals surface area contributed by atoms with Gasteiger partial charge in [-0.3, -0.25) is 0 Å². The van der Waals surface area contributed by atoms with Crippen LogP contribution in [0.1, 0.15) is 37.1 Å². The molecule has 0 aromatic heterocycles. The third-order valence-corrected chi connectivity index (χ3v) is 3.69. The van der Waals surface area contributed by atoms with Gasteiger partial charge in [-0.15, -0.1) is 0 Å². The van der Waals surface area contributed by atoms with E-state index in [4.69, 9.17) is 11.6 Å². The Kier molecular flexibility index (Phi) is 4.53. The molecule has 2 unspecified atom stereocenters. The third-order valence-electron chi connectivity index (χ3n) is 3.35. The summed E-state index contributed by atoms with van der Waals surface area (Å²) in [5, 5.41) is 23.5. The molecule has 0 heterocycles. The van der Waals surface area contributed by atoms with Crippen molar-refractivity contribution in [3.8, 4) is 11.5 Å². The number of phenols is 2. The maximum Gasteiger partial charge on any atom is 0.120 e. The smallest absolute Gasteiger partial charge is 0.120 e. The molecule has 0 amide bonds. The first-order valence-corrected chi connectivity index (χ1v) is 6.89. The second-order valence-electron chi connectivity index (χ2n) is 4.87. The summed E-state index contributed by atoms with van der Waals surface area (Å²) in [6, 6.07) is 12.1. The van der Waals surface area contributed by atoms with E-state index in [1.807, 2.05) is 38.1 Å². The number of rotatable bonds is 4. The molecule has 0 radical (unpaired) electrons. The van der Waals surface area contributed by atoms with E-state index in [0.29, 0.717) is 10.6 Å². The second kappa shape index (κ2) is 6.16. The predicted octanol–water partition coefficient (Wildman–Crippen LogP) is 4.16. The van der Waals surface area contributed by atoms with Crippen LogP contribution in [0, 0.1) is 0 Å². The van der Waals surface area contributed by atoms with Crippen LogP contribution in [0.3, 0.4) is 0 Å². The zero-order valence-electron chi connectivity index (χ0n) is 11.5. The van der Waals surface area contributed by atoms with Gasteiger partial charge in [-0.05, 0) is 43.7 Å². The van der Waals surface area contributed by atoms with Crippen molar-refractivity contribution in [3.63, 3.8) is 0 Å². The Balaban J connectivity index is 2.17. The molecule has 0 saturated carbocycles. The molecule has 0 spiro atoms. The van der Waals surface area contributed by atoms with Crippen LogP contribution in [0.15, 0.2) is 42.5 Å². The fraction of sp³-hybridized carbons (Fsp3) is 0.250. The average Bonchev–Trinajstić information content (AvgIpc) is 2.41. The van der Waals surface area contributed by atoms with Crippen LogP contribution < -0.4 is 5.32 Å². The molecule has 2 rings (SSSR count). The highest BCUT2D eigenvalue weighted by molar-refractivity contribution is 6.31. The molecule has 0 aliphatic heterocycles. The van der Waals surface area contributed by atoms with Crippen molar-refractivity contribution in [2.45, 2.75) is 25.9 Å². The van der Waals surface area contributed by atoms with Crippen molar-refractivity contribution in [3.05, 3.63) is 58.6 Å². The number of phenolic OH excluding ortho intramolecular Hbond substituents is 2. The first-order valence-electron chi connectivity index (χ1n) is 6.51. The largest absolute Gasteiger partial charge is 0.508 e. The highest BCUT2D eigenvalue weighted by Gasteiger charge is 2.16. The summed E-state index contributed by atoms with van der Waals surface area (Å²) >= 11 is 6.18. The van der Waals surface area contributed by atoms with Gasteiger partial charge in [0.05, 0.1) is 0 Å². The van der Waals surface area contributed by atoms with E-state index in [1.54, 1.807) is 6.07 Å². The molecule has 2 aromatic carbocycles. The van der Waals surface area contributed by atoms with Crippen LogP contribution in [-0.2, 0) is 0 Å². The molecule has 0 bridgehead atoms. The van der Waals surface area contributed by atoms with Crippen LogP contribution in [-0.4, -0.2) is 10.2 Å². The summed E-state index contributed by atoms with van der Waals surface area (Å²) in [4.78, 5) is 0. The number of hydrogen-bond acceptors (Lipinski definition) is 3. The van der Waals surface area contributed by atoms with Crippen LogP contribution in [0.5, 0.6) is 11.5 Å². The molecule has 3 nitrogen and oxygen atoms in total. The average molecular weight is 292 g/mol. The topological polar surface area (TPSA) is 52.5 Å². The highest BCUT2D eigenvalue weighted by Crippen LogP contribution is 2.30. The lowest BCUT2D eigenvalue weighted by molar-refractivity contribution is 0.429. The molecular formula is C16H18ClNO2. The molecule has 0 saturated heterocycles. The summed E-state index contributed by atoms with van der Waals surface area (Å²) < 4.78 is 0. The van der Waals surface area contributed by atoms with Gasteiger partial charge >= 0.3 is 0 Å². The third kappa shape index (κ3) is 3.24. The van der Waals surface area contributed by atoms with Crippen LogP contribution in [0.4, 0.5) is 0 Å². The summed E-state index contributed by atoms with van der Waals surface area (Å²) in [5.74, 6) is 0.297. The Morgan fingerprint density at radius 3 is 2.30 bits per heavy atom. The van der Waals surface area contributed by atoms with Gasteiger partial charge in [-0.1, -0.05) is 29.8 Å². The van der Waals surface area contributed by atoms with Gasteiger partial charge in [0.15, 0.2) is 0 Å². The van der Waals surface area contributed by atoms with Crippen molar-refractivity contribution in [2.75, 3.05) is 0 Å². The summed E-state index contributed by atoms with van der Waals surface area (Å²) in [7, 11) is 0. The molecule has 20 heavy (non-hydrogen) atoms. The minimum absolute atomic E-state index is 0.0282. The molecule has 106 valence electrons. The zero-order valence-corrected chi connectivity index (χ0v) is 12.2. The van der Waals surface area contributed by atoms with E-state index in [9.17, 15) is 10.2 Å². The first-order chi connectivity index (χ1) is 9.49. The number of aromatic hydroxyl groups is 2. The van der Waals surface area contributed by atoms with E-state index < -0.39 is 0 Å².